The highest BCUT2D eigenvalue weighted by Crippen LogP contribution is 2.27. The van der Waals surface area contributed by atoms with Crippen molar-refractivity contribution in [1.82, 2.24) is 4.90 Å². The quantitative estimate of drug-likeness (QED) is 0.874. The van der Waals surface area contributed by atoms with Crippen molar-refractivity contribution in [3.63, 3.8) is 0 Å². The van der Waals surface area contributed by atoms with E-state index in [9.17, 15) is 4.39 Å². The van der Waals surface area contributed by atoms with Crippen molar-refractivity contribution >= 4 is 0 Å². The predicted octanol–water partition coefficient (Wildman–Crippen LogP) is 2.56. The molecule has 0 saturated carbocycles. The molecule has 0 aromatic heterocycles. The van der Waals surface area contributed by atoms with Gasteiger partial charge in [0, 0.05) is 18.2 Å². The van der Waals surface area contributed by atoms with E-state index >= 15 is 0 Å². The molecule has 17 heavy (non-hydrogen) atoms. The SMILES string of the molecule is CC1CCN([C@H](CN)c2ccccc2F)CC1. The van der Waals surface area contributed by atoms with E-state index in [4.69, 9.17) is 5.73 Å². The number of hydrogen-bond acceptors (Lipinski definition) is 2. The largest absolute Gasteiger partial charge is 0.329 e. The topological polar surface area (TPSA) is 29.3 Å². The molecule has 0 amide bonds. The van der Waals surface area contributed by atoms with Gasteiger partial charge in [0.1, 0.15) is 5.82 Å². The molecular formula is C14H21FN2. The van der Waals surface area contributed by atoms with E-state index in [2.05, 4.69) is 11.8 Å². The molecule has 3 heteroatoms. The van der Waals surface area contributed by atoms with Crippen LogP contribution >= 0.6 is 0 Å². The van der Waals surface area contributed by atoms with Crippen LogP contribution in [0.3, 0.4) is 0 Å². The second-order valence-electron chi connectivity index (χ2n) is 4.99. The second kappa shape index (κ2) is 5.61. The van der Waals surface area contributed by atoms with Crippen molar-refractivity contribution in [3.05, 3.63) is 35.6 Å². The molecule has 0 unspecified atom stereocenters. The van der Waals surface area contributed by atoms with Crippen LogP contribution in [0.4, 0.5) is 4.39 Å². The maximum absolute atomic E-state index is 13.8. The Morgan fingerprint density at radius 1 is 1.35 bits per heavy atom. The molecule has 2 rings (SSSR count). The van der Waals surface area contributed by atoms with E-state index in [-0.39, 0.29) is 11.9 Å². The highest BCUT2D eigenvalue weighted by atomic mass is 19.1. The number of halogens is 1. The Morgan fingerprint density at radius 3 is 2.59 bits per heavy atom. The van der Waals surface area contributed by atoms with Crippen LogP contribution in [0.5, 0.6) is 0 Å². The van der Waals surface area contributed by atoms with Gasteiger partial charge in [-0.15, -0.1) is 0 Å². The van der Waals surface area contributed by atoms with Gasteiger partial charge < -0.3 is 5.73 Å². The number of nitrogens with zero attached hydrogens (tertiary/aromatic N) is 1. The third-order valence-corrected chi connectivity index (χ3v) is 3.75. The average Bonchev–Trinajstić information content (AvgIpc) is 2.35. The summed E-state index contributed by atoms with van der Waals surface area (Å²) in [7, 11) is 0. The number of benzene rings is 1. The van der Waals surface area contributed by atoms with Crippen LogP contribution in [-0.2, 0) is 0 Å². The fraction of sp³-hybridized carbons (Fsp3) is 0.571. The molecular weight excluding hydrogens is 215 g/mol. The van der Waals surface area contributed by atoms with Crippen LogP contribution in [0, 0.1) is 11.7 Å². The molecule has 1 aliphatic rings. The summed E-state index contributed by atoms with van der Waals surface area (Å²) in [6.07, 6.45) is 2.37. The standard InChI is InChI=1S/C14H21FN2/c1-11-6-8-17(9-7-11)14(10-16)12-4-2-3-5-13(12)15/h2-5,11,14H,6-10,16H2,1H3/t14-/m1/s1. The van der Waals surface area contributed by atoms with Gasteiger partial charge in [0.25, 0.3) is 0 Å². The Hall–Kier alpha value is -0.930. The first kappa shape index (κ1) is 12.5. The number of nitrogens with two attached hydrogens (primary N) is 1. The van der Waals surface area contributed by atoms with E-state index in [1.165, 1.54) is 18.9 Å². The highest BCUT2D eigenvalue weighted by Gasteiger charge is 2.25. The molecule has 1 atom stereocenters. The van der Waals surface area contributed by atoms with Crippen LogP contribution in [0.25, 0.3) is 0 Å². The van der Waals surface area contributed by atoms with Crippen molar-refractivity contribution in [3.8, 4) is 0 Å². The Bertz CT molecular complexity index is 359. The van der Waals surface area contributed by atoms with Crippen LogP contribution in [0.1, 0.15) is 31.4 Å². The molecule has 1 aliphatic heterocycles. The number of piperidine rings is 1. The zero-order valence-corrected chi connectivity index (χ0v) is 10.4. The molecule has 2 nitrogen and oxygen atoms in total. The van der Waals surface area contributed by atoms with Gasteiger partial charge in [-0.25, -0.2) is 4.39 Å². The van der Waals surface area contributed by atoms with Crippen LogP contribution < -0.4 is 5.73 Å². The van der Waals surface area contributed by atoms with Gasteiger partial charge in [-0.1, -0.05) is 25.1 Å². The molecule has 0 radical (unpaired) electrons. The molecule has 94 valence electrons. The van der Waals surface area contributed by atoms with Gasteiger partial charge in [0.2, 0.25) is 0 Å². The fourth-order valence-electron chi connectivity index (χ4n) is 2.56. The first-order chi connectivity index (χ1) is 8.22. The Balaban J connectivity index is 2.14. The van der Waals surface area contributed by atoms with Gasteiger partial charge in [-0.2, -0.15) is 0 Å². The summed E-state index contributed by atoms with van der Waals surface area (Å²) < 4.78 is 13.8. The maximum atomic E-state index is 13.8. The van der Waals surface area contributed by atoms with Gasteiger partial charge in [-0.3, -0.25) is 4.90 Å². The summed E-state index contributed by atoms with van der Waals surface area (Å²) in [6, 6.07) is 7.01. The summed E-state index contributed by atoms with van der Waals surface area (Å²) in [4.78, 5) is 2.32. The number of hydrogen-bond donors (Lipinski definition) is 1. The van der Waals surface area contributed by atoms with Crippen molar-refractivity contribution in [1.29, 1.82) is 0 Å². The third-order valence-electron chi connectivity index (χ3n) is 3.75. The molecule has 1 aromatic carbocycles. The minimum atomic E-state index is -0.137. The Labute approximate surface area is 103 Å². The van der Waals surface area contributed by atoms with Gasteiger partial charge >= 0.3 is 0 Å². The fourth-order valence-corrected chi connectivity index (χ4v) is 2.56. The average molecular weight is 236 g/mol. The number of rotatable bonds is 3. The van der Waals surface area contributed by atoms with E-state index in [1.54, 1.807) is 6.07 Å². The lowest BCUT2D eigenvalue weighted by molar-refractivity contribution is 0.139. The van der Waals surface area contributed by atoms with Crippen LogP contribution in [0.15, 0.2) is 24.3 Å². The first-order valence-corrected chi connectivity index (χ1v) is 6.41. The molecule has 2 N–H and O–H groups in total. The molecule has 1 fully saturated rings. The molecule has 1 aromatic rings. The van der Waals surface area contributed by atoms with Gasteiger partial charge in [0.05, 0.1) is 0 Å². The minimum Gasteiger partial charge on any atom is -0.329 e. The molecule has 0 aliphatic carbocycles. The van der Waals surface area contributed by atoms with E-state index in [0.29, 0.717) is 6.54 Å². The van der Waals surface area contributed by atoms with Crippen molar-refractivity contribution < 1.29 is 4.39 Å². The van der Waals surface area contributed by atoms with Crippen LogP contribution in [0.2, 0.25) is 0 Å². The maximum Gasteiger partial charge on any atom is 0.128 e. The molecule has 0 bridgehead atoms. The monoisotopic (exact) mass is 236 g/mol. The zero-order valence-electron chi connectivity index (χ0n) is 10.4. The lowest BCUT2D eigenvalue weighted by Crippen LogP contribution is -2.39. The summed E-state index contributed by atoms with van der Waals surface area (Å²) in [5.41, 5.74) is 6.57. The van der Waals surface area contributed by atoms with Crippen molar-refractivity contribution in [2.45, 2.75) is 25.8 Å². The zero-order chi connectivity index (χ0) is 12.3. The summed E-state index contributed by atoms with van der Waals surface area (Å²) in [5, 5.41) is 0. The summed E-state index contributed by atoms with van der Waals surface area (Å²) in [5.74, 6) is 0.645. The van der Waals surface area contributed by atoms with E-state index in [1.807, 2.05) is 12.1 Å². The summed E-state index contributed by atoms with van der Waals surface area (Å²) in [6.45, 7) is 4.81. The normalized spacial score (nSPS) is 20.4. The smallest absolute Gasteiger partial charge is 0.128 e. The first-order valence-electron chi connectivity index (χ1n) is 6.41. The Morgan fingerprint density at radius 2 is 2.00 bits per heavy atom. The molecule has 1 heterocycles. The summed E-state index contributed by atoms with van der Waals surface area (Å²) >= 11 is 0. The van der Waals surface area contributed by atoms with Crippen molar-refractivity contribution in [2.75, 3.05) is 19.6 Å². The molecule has 1 saturated heterocycles. The highest BCUT2D eigenvalue weighted by molar-refractivity contribution is 5.21. The van der Waals surface area contributed by atoms with E-state index < -0.39 is 0 Å². The van der Waals surface area contributed by atoms with Crippen molar-refractivity contribution in [2.24, 2.45) is 11.7 Å². The lowest BCUT2D eigenvalue weighted by Gasteiger charge is -2.36. The van der Waals surface area contributed by atoms with Crippen LogP contribution in [-0.4, -0.2) is 24.5 Å². The Kier molecular flexibility index (Phi) is 4.13. The predicted molar refractivity (Wildman–Crippen MR) is 68.2 cm³/mol. The molecule has 0 spiro atoms. The third kappa shape index (κ3) is 2.85. The number of likely N-dealkylation sites (tertiary alicyclic amines) is 1. The second-order valence-corrected chi connectivity index (χ2v) is 4.99. The minimum absolute atomic E-state index is 0.0312. The lowest BCUT2D eigenvalue weighted by atomic mass is 9.95. The van der Waals surface area contributed by atoms with E-state index in [0.717, 1.165) is 24.6 Å². The van der Waals surface area contributed by atoms with Gasteiger partial charge in [0.15, 0.2) is 0 Å². The van der Waals surface area contributed by atoms with Gasteiger partial charge in [-0.05, 0) is 37.9 Å².